The first-order valence-corrected chi connectivity index (χ1v) is 8.06. The van der Waals surface area contributed by atoms with Gasteiger partial charge in [-0.15, -0.1) is 0 Å². The lowest BCUT2D eigenvalue weighted by Crippen LogP contribution is -2.28. The Morgan fingerprint density at radius 2 is 2.00 bits per heavy atom. The topological polar surface area (TPSA) is 44.8 Å². The molecule has 0 unspecified atom stereocenters. The molecule has 0 aliphatic heterocycles. The van der Waals surface area contributed by atoms with Crippen LogP contribution >= 0.6 is 15.9 Å². The molecule has 0 heterocycles. The van der Waals surface area contributed by atoms with Crippen molar-refractivity contribution in [2.45, 2.75) is 31.8 Å². The van der Waals surface area contributed by atoms with Crippen LogP contribution in [0.4, 0.5) is 0 Å². The Labute approximate surface area is 133 Å². The van der Waals surface area contributed by atoms with Crippen LogP contribution in [0.2, 0.25) is 0 Å². The van der Waals surface area contributed by atoms with E-state index in [-0.39, 0.29) is 18.0 Å². The van der Waals surface area contributed by atoms with Gasteiger partial charge < -0.3 is 14.2 Å². The van der Waals surface area contributed by atoms with Crippen LogP contribution in [0.15, 0.2) is 28.7 Å². The van der Waals surface area contributed by atoms with Crippen molar-refractivity contribution in [2.75, 3.05) is 20.3 Å². The van der Waals surface area contributed by atoms with Crippen molar-refractivity contribution in [1.82, 2.24) is 0 Å². The smallest absolute Gasteiger partial charge is 0.308 e. The normalized spacial score (nSPS) is 21.8. The number of benzene rings is 1. The minimum Gasteiger partial charge on any atom is -0.491 e. The summed E-state index contributed by atoms with van der Waals surface area (Å²) in [5.41, 5.74) is 0. The fourth-order valence-electron chi connectivity index (χ4n) is 2.56. The third kappa shape index (κ3) is 5.32. The molecule has 0 amide bonds. The lowest BCUT2D eigenvalue weighted by atomic mass is 9.87. The second kappa shape index (κ2) is 8.39. The van der Waals surface area contributed by atoms with Crippen LogP contribution in [0.5, 0.6) is 5.75 Å². The zero-order chi connectivity index (χ0) is 15.1. The summed E-state index contributed by atoms with van der Waals surface area (Å²) in [5, 5.41) is 0. The van der Waals surface area contributed by atoms with Crippen molar-refractivity contribution in [2.24, 2.45) is 5.92 Å². The van der Waals surface area contributed by atoms with Crippen LogP contribution in [-0.4, -0.2) is 32.4 Å². The van der Waals surface area contributed by atoms with Crippen molar-refractivity contribution >= 4 is 21.9 Å². The number of esters is 1. The Hall–Kier alpha value is -1.07. The number of ether oxygens (including phenoxy) is 3. The summed E-state index contributed by atoms with van der Waals surface area (Å²) >= 11 is 3.41. The Morgan fingerprint density at radius 1 is 1.24 bits per heavy atom. The molecule has 21 heavy (non-hydrogen) atoms. The van der Waals surface area contributed by atoms with E-state index >= 15 is 0 Å². The lowest BCUT2D eigenvalue weighted by Gasteiger charge is -2.26. The van der Waals surface area contributed by atoms with Gasteiger partial charge in [0.2, 0.25) is 0 Å². The minimum atomic E-state index is -0.0913. The quantitative estimate of drug-likeness (QED) is 0.577. The van der Waals surface area contributed by atoms with E-state index in [2.05, 4.69) is 15.9 Å². The van der Waals surface area contributed by atoms with Crippen molar-refractivity contribution in [3.63, 3.8) is 0 Å². The molecule has 0 saturated heterocycles. The van der Waals surface area contributed by atoms with E-state index in [4.69, 9.17) is 14.2 Å². The summed E-state index contributed by atoms with van der Waals surface area (Å²) in [6.07, 6.45) is 3.76. The molecule has 0 bridgehead atoms. The predicted octanol–water partition coefficient (Wildman–Crippen LogP) is 3.58. The Bertz CT molecular complexity index is 455. The molecule has 0 aromatic heterocycles. The SMILES string of the molecule is COC(=O)C1CCC(OCCOc2cccc(Br)c2)CC1. The van der Waals surface area contributed by atoms with E-state index < -0.39 is 0 Å². The highest BCUT2D eigenvalue weighted by atomic mass is 79.9. The highest BCUT2D eigenvalue weighted by Crippen LogP contribution is 2.27. The van der Waals surface area contributed by atoms with E-state index in [1.807, 2.05) is 24.3 Å². The summed E-state index contributed by atoms with van der Waals surface area (Å²) in [6, 6.07) is 7.76. The van der Waals surface area contributed by atoms with E-state index in [1.54, 1.807) is 0 Å². The monoisotopic (exact) mass is 356 g/mol. The molecule has 0 radical (unpaired) electrons. The van der Waals surface area contributed by atoms with Gasteiger partial charge in [-0.25, -0.2) is 0 Å². The first kappa shape index (κ1) is 16.3. The fraction of sp³-hybridized carbons (Fsp3) is 0.562. The number of hydrogen-bond donors (Lipinski definition) is 0. The molecule has 0 N–H and O–H groups in total. The van der Waals surface area contributed by atoms with Crippen molar-refractivity contribution in [1.29, 1.82) is 0 Å². The first-order valence-electron chi connectivity index (χ1n) is 7.27. The molecule has 2 rings (SSSR count). The van der Waals surface area contributed by atoms with Gasteiger partial charge in [-0.05, 0) is 43.9 Å². The summed E-state index contributed by atoms with van der Waals surface area (Å²) in [4.78, 5) is 11.4. The Kier molecular flexibility index (Phi) is 6.51. The molecule has 116 valence electrons. The third-order valence-electron chi connectivity index (χ3n) is 3.71. The number of hydrogen-bond acceptors (Lipinski definition) is 4. The summed E-state index contributed by atoms with van der Waals surface area (Å²) in [6.45, 7) is 1.10. The zero-order valence-corrected chi connectivity index (χ0v) is 13.8. The van der Waals surface area contributed by atoms with Crippen LogP contribution in [0.3, 0.4) is 0 Å². The maximum atomic E-state index is 11.4. The third-order valence-corrected chi connectivity index (χ3v) is 4.20. The molecule has 1 aliphatic carbocycles. The first-order chi connectivity index (χ1) is 10.2. The highest BCUT2D eigenvalue weighted by Gasteiger charge is 2.27. The number of carbonyl (C=O) groups excluding carboxylic acids is 1. The van der Waals surface area contributed by atoms with Crippen molar-refractivity contribution < 1.29 is 19.0 Å². The van der Waals surface area contributed by atoms with Crippen LogP contribution in [0.1, 0.15) is 25.7 Å². The summed E-state index contributed by atoms with van der Waals surface area (Å²) in [7, 11) is 1.45. The molecule has 1 aromatic carbocycles. The van der Waals surface area contributed by atoms with Gasteiger partial charge >= 0.3 is 5.97 Å². The van der Waals surface area contributed by atoms with Crippen LogP contribution in [0.25, 0.3) is 0 Å². The van der Waals surface area contributed by atoms with Gasteiger partial charge in [-0.2, -0.15) is 0 Å². The molecule has 0 atom stereocenters. The number of rotatable bonds is 6. The molecule has 1 fully saturated rings. The average molecular weight is 357 g/mol. The number of halogens is 1. The van der Waals surface area contributed by atoms with Crippen molar-refractivity contribution in [3.8, 4) is 5.75 Å². The second-order valence-corrected chi connectivity index (χ2v) is 6.09. The molecule has 0 spiro atoms. The average Bonchev–Trinajstić information content (AvgIpc) is 2.51. The zero-order valence-electron chi connectivity index (χ0n) is 12.2. The molecular weight excluding hydrogens is 336 g/mol. The largest absolute Gasteiger partial charge is 0.491 e. The van der Waals surface area contributed by atoms with E-state index in [9.17, 15) is 4.79 Å². The Balaban J connectivity index is 1.61. The standard InChI is InChI=1S/C16H21BrO4/c1-19-16(18)12-5-7-14(8-6-12)20-9-10-21-15-4-2-3-13(17)11-15/h2-4,11-12,14H,5-10H2,1H3. The van der Waals surface area contributed by atoms with E-state index in [0.29, 0.717) is 13.2 Å². The van der Waals surface area contributed by atoms with Gasteiger partial charge in [0.15, 0.2) is 0 Å². The maximum Gasteiger partial charge on any atom is 0.308 e. The second-order valence-electron chi connectivity index (χ2n) is 5.17. The number of methoxy groups -OCH3 is 1. The minimum absolute atomic E-state index is 0.0489. The summed E-state index contributed by atoms with van der Waals surface area (Å²) < 4.78 is 17.2. The van der Waals surface area contributed by atoms with Gasteiger partial charge in [0.05, 0.1) is 25.7 Å². The van der Waals surface area contributed by atoms with Gasteiger partial charge in [-0.1, -0.05) is 22.0 Å². The highest BCUT2D eigenvalue weighted by molar-refractivity contribution is 9.10. The lowest BCUT2D eigenvalue weighted by molar-refractivity contribution is -0.147. The van der Waals surface area contributed by atoms with Gasteiger partial charge in [0, 0.05) is 4.47 Å². The molecule has 1 aromatic rings. The van der Waals surface area contributed by atoms with E-state index in [0.717, 1.165) is 35.9 Å². The fourth-order valence-corrected chi connectivity index (χ4v) is 2.94. The maximum absolute atomic E-state index is 11.4. The van der Waals surface area contributed by atoms with Crippen molar-refractivity contribution in [3.05, 3.63) is 28.7 Å². The van der Waals surface area contributed by atoms with Gasteiger partial charge in [0.25, 0.3) is 0 Å². The van der Waals surface area contributed by atoms with E-state index in [1.165, 1.54) is 7.11 Å². The molecule has 5 heteroatoms. The molecule has 1 aliphatic rings. The van der Waals surface area contributed by atoms with Crippen LogP contribution < -0.4 is 4.74 Å². The predicted molar refractivity (Wildman–Crippen MR) is 83.4 cm³/mol. The number of carbonyl (C=O) groups is 1. The molecule has 1 saturated carbocycles. The van der Waals surface area contributed by atoms with Gasteiger partial charge in [-0.3, -0.25) is 4.79 Å². The van der Waals surface area contributed by atoms with Crippen LogP contribution in [-0.2, 0) is 14.3 Å². The molecule has 4 nitrogen and oxygen atoms in total. The Morgan fingerprint density at radius 3 is 2.67 bits per heavy atom. The van der Waals surface area contributed by atoms with Gasteiger partial charge in [0.1, 0.15) is 12.4 Å². The molecular formula is C16H21BrO4. The van der Waals surface area contributed by atoms with Crippen LogP contribution in [0, 0.1) is 5.92 Å². The summed E-state index contributed by atoms with van der Waals surface area (Å²) in [5.74, 6) is 0.793.